The summed E-state index contributed by atoms with van der Waals surface area (Å²) in [7, 11) is 3.07. The lowest BCUT2D eigenvalue weighted by Crippen LogP contribution is -2.21. The van der Waals surface area contributed by atoms with E-state index in [1.807, 2.05) is 12.1 Å². The van der Waals surface area contributed by atoms with E-state index in [9.17, 15) is 20.1 Å². The normalized spacial score (nSPS) is 12.1. The summed E-state index contributed by atoms with van der Waals surface area (Å²) < 4.78 is 22.7. The number of Topliss-reactive ketones (excluding diaryl/α,β-unsaturated/α-hetero) is 2. The molecule has 0 N–H and O–H groups in total. The summed E-state index contributed by atoms with van der Waals surface area (Å²) in [5.74, 6) is 1.67. The number of benzene rings is 2. The molecule has 0 amide bonds. The van der Waals surface area contributed by atoms with Crippen molar-refractivity contribution >= 4 is 23.7 Å². The Kier molecular flexibility index (Phi) is 11.9. The van der Waals surface area contributed by atoms with Crippen LogP contribution < -0.4 is 18.9 Å². The first-order valence-corrected chi connectivity index (χ1v) is 13.7. The Morgan fingerprint density at radius 3 is 1.31 bits per heavy atom. The van der Waals surface area contributed by atoms with Crippen LogP contribution in [0.1, 0.15) is 65.5 Å². The standard InChI is InChI=1S/C34H40N2O6/c1-33(2,3)31(37)25(21-35)17-23-11-13-27(29(19-23)39-7)41-15-9-10-16-42-28-14-12-24(20-30(28)40-8)18-26(22-36)32(38)34(4,5)6/h11-14,17-20H,9-10,15-16H2,1-8H3. The second-order valence-corrected chi connectivity index (χ2v) is 11.7. The van der Waals surface area contributed by atoms with Gasteiger partial charge in [-0.3, -0.25) is 9.59 Å². The molecule has 42 heavy (non-hydrogen) atoms. The van der Waals surface area contributed by atoms with E-state index in [0.717, 1.165) is 0 Å². The van der Waals surface area contributed by atoms with Gasteiger partial charge in [0.25, 0.3) is 0 Å². The third-order valence-electron chi connectivity index (χ3n) is 6.14. The fraction of sp³-hybridized carbons (Fsp3) is 0.412. The number of carbonyl (C=O) groups excluding carboxylic acids is 2. The van der Waals surface area contributed by atoms with Gasteiger partial charge >= 0.3 is 0 Å². The molecular weight excluding hydrogens is 532 g/mol. The summed E-state index contributed by atoms with van der Waals surface area (Å²) >= 11 is 0. The number of hydrogen-bond donors (Lipinski definition) is 0. The summed E-state index contributed by atoms with van der Waals surface area (Å²) in [5, 5.41) is 18.9. The van der Waals surface area contributed by atoms with Crippen molar-refractivity contribution in [3.63, 3.8) is 0 Å². The van der Waals surface area contributed by atoms with Gasteiger partial charge in [0.1, 0.15) is 12.1 Å². The molecule has 0 heterocycles. The Balaban J connectivity index is 1.96. The van der Waals surface area contributed by atoms with Crippen LogP contribution in [0, 0.1) is 33.5 Å². The van der Waals surface area contributed by atoms with Gasteiger partial charge in [-0.25, -0.2) is 0 Å². The summed E-state index contributed by atoms with van der Waals surface area (Å²) in [6.45, 7) is 11.5. The Morgan fingerprint density at radius 2 is 1.02 bits per heavy atom. The van der Waals surface area contributed by atoms with Crippen molar-refractivity contribution in [2.75, 3.05) is 27.4 Å². The molecule has 0 spiro atoms. The van der Waals surface area contributed by atoms with Gasteiger partial charge in [-0.1, -0.05) is 53.7 Å². The van der Waals surface area contributed by atoms with E-state index in [-0.39, 0.29) is 22.7 Å². The maximum absolute atomic E-state index is 12.5. The second kappa shape index (κ2) is 14.9. The molecule has 0 fully saturated rings. The van der Waals surface area contributed by atoms with Gasteiger partial charge in [0.15, 0.2) is 34.6 Å². The fourth-order valence-corrected chi connectivity index (χ4v) is 3.79. The minimum atomic E-state index is -0.653. The highest BCUT2D eigenvalue weighted by atomic mass is 16.5. The molecule has 2 aromatic carbocycles. The zero-order valence-corrected chi connectivity index (χ0v) is 25.8. The molecule has 2 rings (SSSR count). The quantitative estimate of drug-likeness (QED) is 0.143. The number of unbranched alkanes of at least 4 members (excludes halogenated alkanes) is 1. The fourth-order valence-electron chi connectivity index (χ4n) is 3.79. The van der Waals surface area contributed by atoms with Gasteiger partial charge in [-0.05, 0) is 60.4 Å². The monoisotopic (exact) mass is 572 g/mol. The summed E-state index contributed by atoms with van der Waals surface area (Å²) in [6, 6.07) is 14.5. The average molecular weight is 573 g/mol. The Labute approximate surface area is 249 Å². The maximum atomic E-state index is 12.5. The number of carbonyl (C=O) groups is 2. The first-order chi connectivity index (χ1) is 19.7. The smallest absolute Gasteiger partial charge is 0.178 e. The number of ketones is 2. The molecule has 0 aliphatic heterocycles. The first-order valence-electron chi connectivity index (χ1n) is 13.7. The molecule has 8 heteroatoms. The largest absolute Gasteiger partial charge is 0.493 e. The van der Waals surface area contributed by atoms with Crippen LogP contribution in [0.2, 0.25) is 0 Å². The van der Waals surface area contributed by atoms with E-state index in [2.05, 4.69) is 0 Å². The molecule has 0 aliphatic carbocycles. The Bertz CT molecular complexity index is 1320. The Hall–Kier alpha value is -4.56. The van der Waals surface area contributed by atoms with Crippen molar-refractivity contribution in [1.29, 1.82) is 10.5 Å². The van der Waals surface area contributed by atoms with Gasteiger partial charge in [0.2, 0.25) is 0 Å². The van der Waals surface area contributed by atoms with Crippen molar-refractivity contribution < 1.29 is 28.5 Å². The highest BCUT2D eigenvalue weighted by Gasteiger charge is 2.26. The van der Waals surface area contributed by atoms with Crippen molar-refractivity contribution in [1.82, 2.24) is 0 Å². The van der Waals surface area contributed by atoms with E-state index >= 15 is 0 Å². The van der Waals surface area contributed by atoms with Crippen LogP contribution in [-0.2, 0) is 9.59 Å². The number of nitrogens with zero attached hydrogens (tertiary/aromatic N) is 2. The molecule has 0 aliphatic rings. The van der Waals surface area contributed by atoms with Crippen LogP contribution in [0.15, 0.2) is 47.5 Å². The van der Waals surface area contributed by atoms with E-state index < -0.39 is 10.8 Å². The zero-order chi connectivity index (χ0) is 31.5. The molecule has 0 saturated heterocycles. The van der Waals surface area contributed by atoms with Crippen molar-refractivity contribution in [3.8, 4) is 35.1 Å². The lowest BCUT2D eigenvalue weighted by atomic mass is 9.86. The molecular formula is C34H40N2O6. The predicted octanol–water partition coefficient (Wildman–Crippen LogP) is 6.99. The van der Waals surface area contributed by atoms with Crippen LogP contribution >= 0.6 is 0 Å². The molecule has 0 aromatic heterocycles. The van der Waals surface area contributed by atoms with Gasteiger partial charge in [-0.2, -0.15) is 10.5 Å². The zero-order valence-electron chi connectivity index (χ0n) is 25.8. The molecule has 2 aromatic rings. The van der Waals surface area contributed by atoms with E-state index in [0.29, 0.717) is 60.2 Å². The molecule has 0 atom stereocenters. The van der Waals surface area contributed by atoms with Crippen LogP contribution in [0.4, 0.5) is 0 Å². The second-order valence-electron chi connectivity index (χ2n) is 11.7. The third kappa shape index (κ3) is 9.52. The molecule has 0 radical (unpaired) electrons. The number of nitriles is 2. The third-order valence-corrected chi connectivity index (χ3v) is 6.14. The minimum absolute atomic E-state index is 0.0866. The summed E-state index contributed by atoms with van der Waals surface area (Å²) in [4.78, 5) is 25.0. The number of allylic oxidation sites excluding steroid dienone is 2. The maximum Gasteiger partial charge on any atom is 0.178 e. The highest BCUT2D eigenvalue weighted by Crippen LogP contribution is 2.31. The molecule has 0 saturated carbocycles. The van der Waals surface area contributed by atoms with Crippen LogP contribution in [0.3, 0.4) is 0 Å². The molecule has 8 nitrogen and oxygen atoms in total. The van der Waals surface area contributed by atoms with Gasteiger partial charge in [0, 0.05) is 10.8 Å². The van der Waals surface area contributed by atoms with Gasteiger partial charge < -0.3 is 18.9 Å². The topological polar surface area (TPSA) is 119 Å². The predicted molar refractivity (Wildman–Crippen MR) is 162 cm³/mol. The van der Waals surface area contributed by atoms with E-state index in [4.69, 9.17) is 18.9 Å². The van der Waals surface area contributed by atoms with Crippen molar-refractivity contribution in [3.05, 3.63) is 58.7 Å². The van der Waals surface area contributed by atoms with E-state index in [1.165, 1.54) is 14.2 Å². The minimum Gasteiger partial charge on any atom is -0.493 e. The highest BCUT2D eigenvalue weighted by molar-refractivity contribution is 6.06. The number of methoxy groups -OCH3 is 2. The van der Waals surface area contributed by atoms with Crippen LogP contribution in [0.5, 0.6) is 23.0 Å². The lowest BCUT2D eigenvalue weighted by molar-refractivity contribution is -0.122. The number of rotatable bonds is 13. The molecule has 0 bridgehead atoms. The SMILES string of the molecule is COc1cc(C=C(C#N)C(=O)C(C)(C)C)ccc1OCCCCOc1ccc(C=C(C#N)C(=O)C(C)(C)C)cc1OC. The molecule has 222 valence electrons. The van der Waals surface area contributed by atoms with Crippen molar-refractivity contribution in [2.24, 2.45) is 10.8 Å². The van der Waals surface area contributed by atoms with Gasteiger partial charge in [-0.15, -0.1) is 0 Å². The Morgan fingerprint density at radius 1 is 0.667 bits per heavy atom. The molecule has 0 unspecified atom stereocenters. The van der Waals surface area contributed by atoms with E-state index in [1.54, 1.807) is 90.1 Å². The number of hydrogen-bond acceptors (Lipinski definition) is 8. The first kappa shape index (κ1) is 33.6. The summed E-state index contributed by atoms with van der Waals surface area (Å²) in [5.41, 5.74) is 0.204. The number of ether oxygens (including phenoxy) is 4. The summed E-state index contributed by atoms with van der Waals surface area (Å²) in [6.07, 6.45) is 4.55. The van der Waals surface area contributed by atoms with Crippen molar-refractivity contribution in [2.45, 2.75) is 54.4 Å². The average Bonchev–Trinajstić information content (AvgIpc) is 2.95. The van der Waals surface area contributed by atoms with Crippen LogP contribution in [0.25, 0.3) is 12.2 Å². The van der Waals surface area contributed by atoms with Gasteiger partial charge in [0.05, 0.1) is 38.6 Å². The lowest BCUT2D eigenvalue weighted by Gasteiger charge is -2.16. The van der Waals surface area contributed by atoms with Crippen LogP contribution in [-0.4, -0.2) is 39.0 Å².